The topological polar surface area (TPSA) is 75.3 Å². The lowest BCUT2D eigenvalue weighted by atomic mass is 10.2. The molecule has 2 aromatic rings. The molecule has 0 aliphatic heterocycles. The molecule has 0 saturated carbocycles. The molecule has 0 spiro atoms. The molecule has 0 aliphatic carbocycles. The SMILES string of the molecule is CCCCNC(=O)c1cccc(NS(=O)(=O)c2ccc(C)c(F)c2)c1. The van der Waals surface area contributed by atoms with Crippen LogP contribution in [0.1, 0.15) is 35.7 Å². The van der Waals surface area contributed by atoms with E-state index in [1.807, 2.05) is 6.92 Å². The molecule has 0 aliphatic rings. The minimum atomic E-state index is -3.94. The Morgan fingerprint density at radius 1 is 1.16 bits per heavy atom. The Morgan fingerprint density at radius 2 is 1.92 bits per heavy atom. The summed E-state index contributed by atoms with van der Waals surface area (Å²) in [4.78, 5) is 11.9. The molecular formula is C18H21FN2O3S. The first-order valence-corrected chi connectivity index (χ1v) is 9.49. The van der Waals surface area contributed by atoms with E-state index in [0.29, 0.717) is 17.7 Å². The van der Waals surface area contributed by atoms with Crippen molar-refractivity contribution in [2.75, 3.05) is 11.3 Å². The smallest absolute Gasteiger partial charge is 0.261 e. The van der Waals surface area contributed by atoms with Crippen LogP contribution in [0.4, 0.5) is 10.1 Å². The third kappa shape index (κ3) is 5.03. The van der Waals surface area contributed by atoms with E-state index in [0.717, 1.165) is 18.9 Å². The Labute approximate surface area is 147 Å². The molecule has 134 valence electrons. The summed E-state index contributed by atoms with van der Waals surface area (Å²) in [6.45, 7) is 4.14. The van der Waals surface area contributed by atoms with Crippen LogP contribution in [0.15, 0.2) is 47.4 Å². The second kappa shape index (κ2) is 8.11. The number of hydrogen-bond acceptors (Lipinski definition) is 3. The number of hydrogen-bond donors (Lipinski definition) is 2. The minimum Gasteiger partial charge on any atom is -0.352 e. The van der Waals surface area contributed by atoms with Crippen LogP contribution in [0.5, 0.6) is 0 Å². The van der Waals surface area contributed by atoms with Gasteiger partial charge >= 0.3 is 0 Å². The number of unbranched alkanes of at least 4 members (excludes halogenated alkanes) is 1. The maximum atomic E-state index is 13.6. The number of nitrogens with one attached hydrogen (secondary N) is 2. The average molecular weight is 364 g/mol. The van der Waals surface area contributed by atoms with Gasteiger partial charge in [-0.1, -0.05) is 25.5 Å². The Balaban J connectivity index is 2.17. The normalized spacial score (nSPS) is 11.2. The van der Waals surface area contributed by atoms with Crippen molar-refractivity contribution in [3.8, 4) is 0 Å². The van der Waals surface area contributed by atoms with E-state index in [-0.39, 0.29) is 16.5 Å². The van der Waals surface area contributed by atoms with Crippen molar-refractivity contribution in [2.45, 2.75) is 31.6 Å². The Morgan fingerprint density at radius 3 is 2.60 bits per heavy atom. The van der Waals surface area contributed by atoms with Crippen LogP contribution in [0.25, 0.3) is 0 Å². The quantitative estimate of drug-likeness (QED) is 0.739. The van der Waals surface area contributed by atoms with Gasteiger partial charge in [0.15, 0.2) is 0 Å². The van der Waals surface area contributed by atoms with Crippen molar-refractivity contribution in [2.24, 2.45) is 0 Å². The maximum absolute atomic E-state index is 13.6. The van der Waals surface area contributed by atoms with E-state index in [9.17, 15) is 17.6 Å². The van der Waals surface area contributed by atoms with Gasteiger partial charge in [-0.05, 0) is 49.2 Å². The molecule has 0 unspecified atom stereocenters. The molecule has 0 bridgehead atoms. The van der Waals surface area contributed by atoms with Crippen molar-refractivity contribution >= 4 is 21.6 Å². The molecule has 1 amide bonds. The summed E-state index contributed by atoms with van der Waals surface area (Å²) in [5.41, 5.74) is 0.959. The van der Waals surface area contributed by atoms with Crippen LogP contribution in [0.2, 0.25) is 0 Å². The molecule has 25 heavy (non-hydrogen) atoms. The zero-order valence-corrected chi connectivity index (χ0v) is 15.0. The zero-order chi connectivity index (χ0) is 18.4. The minimum absolute atomic E-state index is 0.173. The number of anilines is 1. The predicted molar refractivity (Wildman–Crippen MR) is 95.6 cm³/mol. The second-order valence-electron chi connectivity index (χ2n) is 5.71. The molecule has 0 radical (unpaired) electrons. The first kappa shape index (κ1) is 18.9. The molecule has 2 aromatic carbocycles. The van der Waals surface area contributed by atoms with Gasteiger partial charge in [0.2, 0.25) is 0 Å². The van der Waals surface area contributed by atoms with Crippen LogP contribution in [-0.4, -0.2) is 20.9 Å². The molecule has 0 atom stereocenters. The number of carbonyl (C=O) groups excluding carboxylic acids is 1. The van der Waals surface area contributed by atoms with E-state index in [4.69, 9.17) is 0 Å². The number of benzene rings is 2. The number of rotatable bonds is 7. The van der Waals surface area contributed by atoms with Crippen molar-refractivity contribution in [1.29, 1.82) is 0 Å². The van der Waals surface area contributed by atoms with E-state index in [2.05, 4.69) is 10.0 Å². The number of halogens is 1. The highest BCUT2D eigenvalue weighted by Crippen LogP contribution is 2.19. The van der Waals surface area contributed by atoms with Crippen molar-refractivity contribution < 1.29 is 17.6 Å². The van der Waals surface area contributed by atoms with Crippen LogP contribution < -0.4 is 10.0 Å². The Bertz CT molecular complexity index is 866. The van der Waals surface area contributed by atoms with Gasteiger partial charge in [0.05, 0.1) is 4.90 Å². The first-order chi connectivity index (χ1) is 11.8. The summed E-state index contributed by atoms with van der Waals surface area (Å²) in [7, 11) is -3.94. The van der Waals surface area contributed by atoms with Gasteiger partial charge in [-0.15, -0.1) is 0 Å². The Hall–Kier alpha value is -2.41. The van der Waals surface area contributed by atoms with Crippen LogP contribution in [0.3, 0.4) is 0 Å². The highest BCUT2D eigenvalue weighted by molar-refractivity contribution is 7.92. The summed E-state index contributed by atoms with van der Waals surface area (Å²) in [6, 6.07) is 9.88. The molecule has 7 heteroatoms. The van der Waals surface area contributed by atoms with E-state index in [1.54, 1.807) is 19.1 Å². The van der Waals surface area contributed by atoms with E-state index < -0.39 is 15.8 Å². The molecular weight excluding hydrogens is 343 g/mol. The molecule has 0 fully saturated rings. The second-order valence-corrected chi connectivity index (χ2v) is 7.39. The highest BCUT2D eigenvalue weighted by atomic mass is 32.2. The molecule has 0 saturated heterocycles. The lowest BCUT2D eigenvalue weighted by Crippen LogP contribution is -2.24. The lowest BCUT2D eigenvalue weighted by molar-refractivity contribution is 0.0953. The number of amides is 1. The lowest BCUT2D eigenvalue weighted by Gasteiger charge is -2.10. The molecule has 0 heterocycles. The monoisotopic (exact) mass is 364 g/mol. The summed E-state index contributed by atoms with van der Waals surface area (Å²) >= 11 is 0. The fraction of sp³-hybridized carbons (Fsp3) is 0.278. The van der Waals surface area contributed by atoms with Gasteiger partial charge < -0.3 is 5.32 Å². The van der Waals surface area contributed by atoms with E-state index in [1.165, 1.54) is 24.3 Å². The fourth-order valence-corrected chi connectivity index (χ4v) is 3.22. The summed E-state index contributed by atoms with van der Waals surface area (Å²) in [5.74, 6) is -0.859. The molecule has 2 rings (SSSR count). The average Bonchev–Trinajstić information content (AvgIpc) is 2.57. The summed E-state index contributed by atoms with van der Waals surface area (Å²) < 4.78 is 40.7. The largest absolute Gasteiger partial charge is 0.352 e. The summed E-state index contributed by atoms with van der Waals surface area (Å²) in [6.07, 6.45) is 1.84. The first-order valence-electron chi connectivity index (χ1n) is 8.00. The van der Waals surface area contributed by atoms with Gasteiger partial charge in [0, 0.05) is 17.8 Å². The van der Waals surface area contributed by atoms with E-state index >= 15 is 0 Å². The van der Waals surface area contributed by atoms with Gasteiger partial charge in [-0.25, -0.2) is 12.8 Å². The van der Waals surface area contributed by atoms with Crippen molar-refractivity contribution in [1.82, 2.24) is 5.32 Å². The van der Waals surface area contributed by atoms with Crippen molar-refractivity contribution in [3.05, 3.63) is 59.4 Å². The highest BCUT2D eigenvalue weighted by Gasteiger charge is 2.16. The Kier molecular flexibility index (Phi) is 6.14. The van der Waals surface area contributed by atoms with Crippen LogP contribution >= 0.6 is 0 Å². The van der Waals surface area contributed by atoms with Gasteiger partial charge in [-0.3, -0.25) is 9.52 Å². The number of sulfonamides is 1. The molecule has 2 N–H and O–H groups in total. The summed E-state index contributed by atoms with van der Waals surface area (Å²) in [5, 5.41) is 2.77. The molecule has 5 nitrogen and oxygen atoms in total. The zero-order valence-electron chi connectivity index (χ0n) is 14.2. The third-order valence-corrected chi connectivity index (χ3v) is 5.03. The standard InChI is InChI=1S/C18H21FN2O3S/c1-3-4-10-20-18(22)14-6-5-7-15(11-14)21-25(23,24)16-9-8-13(2)17(19)12-16/h5-9,11-12,21H,3-4,10H2,1-2H3,(H,20,22). The van der Waals surface area contributed by atoms with Crippen LogP contribution in [-0.2, 0) is 10.0 Å². The van der Waals surface area contributed by atoms with Gasteiger partial charge in [0.1, 0.15) is 5.82 Å². The molecule has 0 aromatic heterocycles. The number of carbonyl (C=O) groups is 1. The maximum Gasteiger partial charge on any atom is 0.261 e. The van der Waals surface area contributed by atoms with Gasteiger partial charge in [0.25, 0.3) is 15.9 Å². The van der Waals surface area contributed by atoms with Crippen molar-refractivity contribution in [3.63, 3.8) is 0 Å². The van der Waals surface area contributed by atoms with Gasteiger partial charge in [-0.2, -0.15) is 0 Å². The predicted octanol–water partition coefficient (Wildman–Crippen LogP) is 3.46. The number of aryl methyl sites for hydroxylation is 1. The third-order valence-electron chi connectivity index (χ3n) is 3.65. The fourth-order valence-electron chi connectivity index (χ4n) is 2.16. The van der Waals surface area contributed by atoms with Crippen LogP contribution in [0, 0.1) is 12.7 Å².